The van der Waals surface area contributed by atoms with Gasteiger partial charge in [-0.25, -0.2) is 4.98 Å². The number of aromatic nitrogens is 2. The molecule has 0 spiro atoms. The van der Waals surface area contributed by atoms with Crippen LogP contribution in [0.1, 0.15) is 26.7 Å². The number of rotatable bonds is 8. The molecule has 2 aromatic heterocycles. The first kappa shape index (κ1) is 20.9. The smallest absolute Gasteiger partial charge is 0.276 e. The lowest BCUT2D eigenvalue weighted by Gasteiger charge is -2.20. The number of fused-ring (bicyclic) bond motifs is 1. The Bertz CT molecular complexity index is 1030. The Morgan fingerprint density at radius 3 is 2.79 bits per heavy atom. The molecule has 2 heterocycles. The topological polar surface area (TPSA) is 55.2 Å². The fourth-order valence-corrected chi connectivity index (χ4v) is 4.75. The molecule has 1 aromatic carbocycles. The minimum Gasteiger partial charge on any atom is -0.342 e. The standard InChI is InChI=1S/C20H22ClN3O2S2/c1-3-5-11-23(4-2)17(25)13-28-20-22-15-10-12-27-18(15)19(26)24(20)16-9-7-6-8-14(16)21/h6-10,12H,3-5,11,13H2,1-2H3. The molecule has 0 radical (unpaired) electrons. The van der Waals surface area contributed by atoms with E-state index in [0.717, 1.165) is 19.4 Å². The third-order valence-electron chi connectivity index (χ3n) is 4.38. The van der Waals surface area contributed by atoms with E-state index in [0.29, 0.717) is 32.6 Å². The van der Waals surface area contributed by atoms with Gasteiger partial charge in [-0.3, -0.25) is 14.2 Å². The molecule has 0 bridgehead atoms. The van der Waals surface area contributed by atoms with Crippen LogP contribution in [0.3, 0.4) is 0 Å². The molecule has 0 fully saturated rings. The molecular formula is C20H22ClN3O2S2. The molecule has 1 amide bonds. The summed E-state index contributed by atoms with van der Waals surface area (Å²) in [6.07, 6.45) is 2.02. The van der Waals surface area contributed by atoms with Gasteiger partial charge < -0.3 is 4.90 Å². The molecule has 5 nitrogen and oxygen atoms in total. The van der Waals surface area contributed by atoms with Gasteiger partial charge in [0.05, 0.1) is 22.0 Å². The zero-order valence-corrected chi connectivity index (χ0v) is 18.2. The molecule has 0 aliphatic heterocycles. The Balaban J connectivity index is 1.96. The highest BCUT2D eigenvalue weighted by Gasteiger charge is 2.18. The number of thioether (sulfide) groups is 1. The van der Waals surface area contributed by atoms with Gasteiger partial charge in [-0.2, -0.15) is 0 Å². The Morgan fingerprint density at radius 1 is 1.29 bits per heavy atom. The molecule has 8 heteroatoms. The van der Waals surface area contributed by atoms with Crippen LogP contribution in [0.4, 0.5) is 0 Å². The van der Waals surface area contributed by atoms with Crippen molar-refractivity contribution in [3.05, 3.63) is 51.1 Å². The second-order valence-corrected chi connectivity index (χ2v) is 8.50. The van der Waals surface area contributed by atoms with E-state index in [2.05, 4.69) is 11.9 Å². The van der Waals surface area contributed by atoms with Crippen molar-refractivity contribution in [1.29, 1.82) is 0 Å². The van der Waals surface area contributed by atoms with Crippen molar-refractivity contribution in [2.24, 2.45) is 0 Å². The fraction of sp³-hybridized carbons (Fsp3) is 0.350. The zero-order valence-electron chi connectivity index (χ0n) is 15.9. The summed E-state index contributed by atoms with van der Waals surface area (Å²) in [7, 11) is 0. The number of thiophene rings is 1. The summed E-state index contributed by atoms with van der Waals surface area (Å²) in [5.74, 6) is 0.274. The molecule has 3 rings (SSSR count). The summed E-state index contributed by atoms with van der Waals surface area (Å²) < 4.78 is 2.09. The molecule has 3 aromatic rings. The minimum atomic E-state index is -0.165. The van der Waals surface area contributed by atoms with E-state index in [1.54, 1.807) is 12.1 Å². The average Bonchev–Trinajstić information content (AvgIpc) is 3.17. The van der Waals surface area contributed by atoms with Crippen LogP contribution in [0, 0.1) is 0 Å². The second-order valence-electron chi connectivity index (χ2n) is 6.24. The minimum absolute atomic E-state index is 0.0475. The van der Waals surface area contributed by atoms with Crippen LogP contribution in [0.15, 0.2) is 45.7 Å². The monoisotopic (exact) mass is 435 g/mol. The van der Waals surface area contributed by atoms with Crippen LogP contribution < -0.4 is 5.56 Å². The maximum Gasteiger partial charge on any atom is 0.276 e. The van der Waals surface area contributed by atoms with Crippen LogP contribution >= 0.6 is 34.7 Å². The SMILES string of the molecule is CCCCN(CC)C(=O)CSc1nc2ccsc2c(=O)n1-c1ccccc1Cl. The van der Waals surface area contributed by atoms with Gasteiger partial charge in [0, 0.05) is 13.1 Å². The Labute approximate surface area is 177 Å². The van der Waals surface area contributed by atoms with Crippen LogP contribution in [-0.2, 0) is 4.79 Å². The molecule has 0 aliphatic rings. The normalized spacial score (nSPS) is 11.1. The van der Waals surface area contributed by atoms with E-state index in [9.17, 15) is 9.59 Å². The number of amides is 1. The molecule has 0 saturated carbocycles. The number of hydrogen-bond donors (Lipinski definition) is 0. The number of carbonyl (C=O) groups excluding carboxylic acids is 1. The number of halogens is 1. The Morgan fingerprint density at radius 2 is 2.07 bits per heavy atom. The first-order valence-electron chi connectivity index (χ1n) is 9.22. The molecular weight excluding hydrogens is 414 g/mol. The highest BCUT2D eigenvalue weighted by molar-refractivity contribution is 7.99. The number of unbranched alkanes of at least 4 members (excludes halogenated alkanes) is 1. The predicted molar refractivity (Wildman–Crippen MR) is 118 cm³/mol. The summed E-state index contributed by atoms with van der Waals surface area (Å²) in [5.41, 5.74) is 1.05. The maximum absolute atomic E-state index is 13.1. The molecule has 0 N–H and O–H groups in total. The lowest BCUT2D eigenvalue weighted by molar-refractivity contribution is -0.128. The first-order valence-corrected chi connectivity index (χ1v) is 11.5. The van der Waals surface area contributed by atoms with Gasteiger partial charge in [0.1, 0.15) is 4.70 Å². The van der Waals surface area contributed by atoms with E-state index in [4.69, 9.17) is 11.6 Å². The van der Waals surface area contributed by atoms with E-state index >= 15 is 0 Å². The van der Waals surface area contributed by atoms with Gasteiger partial charge in [0.15, 0.2) is 5.16 Å². The van der Waals surface area contributed by atoms with Gasteiger partial charge in [0.2, 0.25) is 5.91 Å². The van der Waals surface area contributed by atoms with E-state index in [1.807, 2.05) is 35.4 Å². The number of para-hydroxylation sites is 1. The lowest BCUT2D eigenvalue weighted by Crippen LogP contribution is -2.33. The number of carbonyl (C=O) groups is 1. The van der Waals surface area contributed by atoms with Gasteiger partial charge in [0.25, 0.3) is 5.56 Å². The third kappa shape index (κ3) is 4.42. The first-order chi connectivity index (χ1) is 13.6. The second kappa shape index (κ2) is 9.58. The summed E-state index contributed by atoms with van der Waals surface area (Å²) in [6.45, 7) is 5.51. The van der Waals surface area contributed by atoms with E-state index < -0.39 is 0 Å². The fourth-order valence-electron chi connectivity index (χ4n) is 2.86. The molecule has 28 heavy (non-hydrogen) atoms. The van der Waals surface area contributed by atoms with Crippen LogP contribution in [0.2, 0.25) is 5.02 Å². The molecule has 0 aliphatic carbocycles. The van der Waals surface area contributed by atoms with Crippen LogP contribution in [0.5, 0.6) is 0 Å². The van der Waals surface area contributed by atoms with Crippen LogP contribution in [-0.4, -0.2) is 39.2 Å². The van der Waals surface area contributed by atoms with Crippen molar-refractivity contribution in [3.8, 4) is 5.69 Å². The van der Waals surface area contributed by atoms with Crippen molar-refractivity contribution < 1.29 is 4.79 Å². The van der Waals surface area contributed by atoms with Crippen molar-refractivity contribution in [2.75, 3.05) is 18.8 Å². The highest BCUT2D eigenvalue weighted by Crippen LogP contribution is 2.27. The van der Waals surface area contributed by atoms with Gasteiger partial charge in [-0.05, 0) is 36.9 Å². The lowest BCUT2D eigenvalue weighted by atomic mass is 10.3. The number of benzene rings is 1. The highest BCUT2D eigenvalue weighted by atomic mass is 35.5. The molecule has 0 atom stereocenters. The quantitative estimate of drug-likeness (QED) is 0.375. The summed E-state index contributed by atoms with van der Waals surface area (Å²) in [6, 6.07) is 9.00. The van der Waals surface area contributed by atoms with Crippen LogP contribution in [0.25, 0.3) is 15.9 Å². The van der Waals surface area contributed by atoms with Crippen molar-refractivity contribution in [1.82, 2.24) is 14.5 Å². The molecule has 0 unspecified atom stereocenters. The third-order valence-corrected chi connectivity index (χ3v) is 6.52. The maximum atomic E-state index is 13.1. The molecule has 148 valence electrons. The summed E-state index contributed by atoms with van der Waals surface area (Å²) in [4.78, 5) is 32.2. The van der Waals surface area contributed by atoms with Crippen molar-refractivity contribution >= 4 is 50.8 Å². The largest absolute Gasteiger partial charge is 0.342 e. The molecule has 0 saturated heterocycles. The predicted octanol–water partition coefficient (Wildman–Crippen LogP) is 4.84. The van der Waals surface area contributed by atoms with Gasteiger partial charge in [-0.15, -0.1) is 11.3 Å². The Hall–Kier alpha value is -1.83. The summed E-state index contributed by atoms with van der Waals surface area (Å²) in [5, 5.41) is 2.79. The average molecular weight is 436 g/mol. The van der Waals surface area contributed by atoms with Gasteiger partial charge >= 0.3 is 0 Å². The Kier molecular flexibility index (Phi) is 7.15. The number of nitrogens with zero attached hydrogens (tertiary/aromatic N) is 3. The summed E-state index contributed by atoms with van der Waals surface area (Å²) >= 11 is 8.98. The van der Waals surface area contributed by atoms with Gasteiger partial charge in [-0.1, -0.05) is 48.8 Å². The van der Waals surface area contributed by atoms with Crippen molar-refractivity contribution in [2.45, 2.75) is 31.8 Å². The zero-order chi connectivity index (χ0) is 20.1. The van der Waals surface area contributed by atoms with Crippen molar-refractivity contribution in [3.63, 3.8) is 0 Å². The van der Waals surface area contributed by atoms with E-state index in [1.165, 1.54) is 27.7 Å². The van der Waals surface area contributed by atoms with E-state index in [-0.39, 0.29) is 17.2 Å². The number of hydrogen-bond acceptors (Lipinski definition) is 5.